The second-order valence-corrected chi connectivity index (χ2v) is 5.94. The van der Waals surface area contributed by atoms with E-state index in [0.717, 1.165) is 30.6 Å². The minimum Gasteiger partial charge on any atom is -0.481 e. The van der Waals surface area contributed by atoms with Crippen LogP contribution in [-0.4, -0.2) is 54.8 Å². The average molecular weight is 292 g/mol. The highest BCUT2D eigenvalue weighted by Crippen LogP contribution is 2.22. The second kappa shape index (κ2) is 6.91. The van der Waals surface area contributed by atoms with Crippen molar-refractivity contribution in [2.45, 2.75) is 18.9 Å². The molecule has 0 bridgehead atoms. The Hall–Kier alpha value is -1.59. The minimum absolute atomic E-state index is 0.304. The first-order valence-corrected chi connectivity index (χ1v) is 7.38. The number of β-amino-alcohol motifs (C(OH)–C–C–N with tert-alkyl or cyclic N) is 1. The van der Waals surface area contributed by atoms with E-state index in [-0.39, 0.29) is 5.92 Å². The molecular formula is C16H24N2O3. The number of aliphatic hydroxyl groups excluding tert-OH is 1. The lowest BCUT2D eigenvalue weighted by molar-refractivity contribution is -0.143. The molecule has 1 heterocycles. The molecule has 5 nitrogen and oxygen atoms in total. The number of carboxylic acids is 1. The van der Waals surface area contributed by atoms with E-state index in [9.17, 15) is 9.90 Å². The third-order valence-corrected chi connectivity index (χ3v) is 4.08. The van der Waals surface area contributed by atoms with E-state index in [2.05, 4.69) is 0 Å². The van der Waals surface area contributed by atoms with E-state index in [1.807, 2.05) is 48.2 Å². The van der Waals surface area contributed by atoms with Crippen molar-refractivity contribution in [1.29, 1.82) is 0 Å². The van der Waals surface area contributed by atoms with Crippen molar-refractivity contribution in [3.05, 3.63) is 29.8 Å². The van der Waals surface area contributed by atoms with Crippen molar-refractivity contribution >= 4 is 11.7 Å². The van der Waals surface area contributed by atoms with Gasteiger partial charge in [-0.3, -0.25) is 9.69 Å². The molecule has 0 aliphatic carbocycles. The van der Waals surface area contributed by atoms with Crippen molar-refractivity contribution in [3.8, 4) is 0 Å². The molecule has 5 heteroatoms. The van der Waals surface area contributed by atoms with E-state index in [1.165, 1.54) is 0 Å². The zero-order chi connectivity index (χ0) is 15.4. The number of hydrogen-bond acceptors (Lipinski definition) is 4. The summed E-state index contributed by atoms with van der Waals surface area (Å²) in [6.07, 6.45) is 1.04. The Bertz CT molecular complexity index is 473. The zero-order valence-corrected chi connectivity index (χ0v) is 12.7. The minimum atomic E-state index is -0.732. The van der Waals surface area contributed by atoms with Crippen molar-refractivity contribution < 1.29 is 15.0 Å². The first kappa shape index (κ1) is 15.8. The van der Waals surface area contributed by atoms with Crippen molar-refractivity contribution in [2.24, 2.45) is 5.92 Å². The maximum Gasteiger partial charge on any atom is 0.307 e. The van der Waals surface area contributed by atoms with Crippen LogP contribution in [0.3, 0.4) is 0 Å². The lowest BCUT2D eigenvalue weighted by atomic mass is 9.97. The Morgan fingerprint density at radius 3 is 2.62 bits per heavy atom. The summed E-state index contributed by atoms with van der Waals surface area (Å²) in [5.41, 5.74) is 1.97. The van der Waals surface area contributed by atoms with Crippen molar-refractivity contribution in [1.82, 2.24) is 4.90 Å². The number of aliphatic hydroxyl groups is 1. The third kappa shape index (κ3) is 4.19. The van der Waals surface area contributed by atoms with E-state index < -0.39 is 12.1 Å². The zero-order valence-electron chi connectivity index (χ0n) is 12.7. The molecule has 2 N–H and O–H groups in total. The van der Waals surface area contributed by atoms with Crippen LogP contribution in [0.25, 0.3) is 0 Å². The highest BCUT2D eigenvalue weighted by Gasteiger charge is 2.26. The second-order valence-electron chi connectivity index (χ2n) is 5.94. The molecule has 0 radical (unpaired) electrons. The smallest absolute Gasteiger partial charge is 0.307 e. The first-order chi connectivity index (χ1) is 9.97. The molecule has 1 saturated heterocycles. The van der Waals surface area contributed by atoms with Crippen LogP contribution in [0.15, 0.2) is 24.3 Å². The van der Waals surface area contributed by atoms with Crippen molar-refractivity contribution in [3.63, 3.8) is 0 Å². The number of rotatable bonds is 5. The molecule has 0 saturated carbocycles. The molecular weight excluding hydrogens is 268 g/mol. The standard InChI is InChI=1S/C16H24N2O3/c1-17(2)14-7-5-12(6-8-14)15(19)11-18-9-3-4-13(10-18)16(20)21/h5-8,13,15,19H,3-4,9-11H2,1-2H3,(H,20,21). The number of likely N-dealkylation sites (tertiary alicyclic amines) is 1. The summed E-state index contributed by atoms with van der Waals surface area (Å²) in [6.45, 7) is 1.88. The van der Waals surface area contributed by atoms with Gasteiger partial charge in [-0.2, -0.15) is 0 Å². The molecule has 21 heavy (non-hydrogen) atoms. The van der Waals surface area contributed by atoms with Gasteiger partial charge in [-0.25, -0.2) is 0 Å². The molecule has 1 aromatic carbocycles. The maximum absolute atomic E-state index is 11.1. The van der Waals surface area contributed by atoms with Gasteiger partial charge in [-0.05, 0) is 37.1 Å². The molecule has 0 spiro atoms. The summed E-state index contributed by atoms with van der Waals surface area (Å²) < 4.78 is 0. The van der Waals surface area contributed by atoms with Gasteiger partial charge in [0.25, 0.3) is 0 Å². The topological polar surface area (TPSA) is 64.0 Å². The number of nitrogens with zero attached hydrogens (tertiary/aromatic N) is 2. The Balaban J connectivity index is 1.94. The van der Waals surface area contributed by atoms with Crippen LogP contribution in [0.1, 0.15) is 24.5 Å². The van der Waals surface area contributed by atoms with Crippen LogP contribution in [0.4, 0.5) is 5.69 Å². The van der Waals surface area contributed by atoms with E-state index in [4.69, 9.17) is 5.11 Å². The van der Waals surface area contributed by atoms with E-state index in [0.29, 0.717) is 13.1 Å². The van der Waals surface area contributed by atoms with Crippen LogP contribution in [0.2, 0.25) is 0 Å². The predicted octanol–water partition coefficient (Wildman–Crippen LogP) is 1.58. The summed E-state index contributed by atoms with van der Waals surface area (Å²) in [7, 11) is 3.95. The number of carboxylic acid groups (broad SMARTS) is 1. The fourth-order valence-electron chi connectivity index (χ4n) is 2.77. The predicted molar refractivity (Wildman–Crippen MR) is 82.5 cm³/mol. The van der Waals surface area contributed by atoms with Gasteiger partial charge in [-0.15, -0.1) is 0 Å². The maximum atomic E-state index is 11.1. The summed E-state index contributed by atoms with van der Waals surface area (Å²) in [5.74, 6) is -1.04. The quantitative estimate of drug-likeness (QED) is 0.863. The van der Waals surface area contributed by atoms with Gasteiger partial charge in [-0.1, -0.05) is 12.1 Å². The Morgan fingerprint density at radius 1 is 1.38 bits per heavy atom. The number of carbonyl (C=O) groups is 1. The average Bonchev–Trinajstić information content (AvgIpc) is 2.47. The fourth-order valence-corrected chi connectivity index (χ4v) is 2.77. The Morgan fingerprint density at radius 2 is 2.05 bits per heavy atom. The lowest BCUT2D eigenvalue weighted by Crippen LogP contribution is -2.40. The molecule has 2 atom stereocenters. The molecule has 1 aliphatic heterocycles. The van der Waals surface area contributed by atoms with E-state index >= 15 is 0 Å². The number of aliphatic carboxylic acids is 1. The fraction of sp³-hybridized carbons (Fsp3) is 0.562. The molecule has 1 aliphatic rings. The van der Waals surface area contributed by atoms with Crippen LogP contribution in [-0.2, 0) is 4.79 Å². The Kier molecular flexibility index (Phi) is 5.20. The molecule has 0 aromatic heterocycles. The molecule has 0 amide bonds. The lowest BCUT2D eigenvalue weighted by Gasteiger charge is -2.32. The van der Waals surface area contributed by atoms with Gasteiger partial charge in [0, 0.05) is 32.9 Å². The summed E-state index contributed by atoms with van der Waals surface area (Å²) >= 11 is 0. The molecule has 1 aromatic rings. The molecule has 2 unspecified atom stereocenters. The number of piperidine rings is 1. The number of anilines is 1. The Labute approximate surface area is 125 Å². The normalized spacial score (nSPS) is 21.0. The van der Waals surface area contributed by atoms with Gasteiger partial charge < -0.3 is 15.1 Å². The van der Waals surface area contributed by atoms with Gasteiger partial charge in [0.05, 0.1) is 12.0 Å². The highest BCUT2D eigenvalue weighted by atomic mass is 16.4. The number of benzene rings is 1. The van der Waals surface area contributed by atoms with Crippen LogP contribution in [0, 0.1) is 5.92 Å². The van der Waals surface area contributed by atoms with E-state index in [1.54, 1.807) is 0 Å². The summed E-state index contributed by atoms with van der Waals surface area (Å²) in [4.78, 5) is 15.1. The third-order valence-electron chi connectivity index (χ3n) is 4.08. The monoisotopic (exact) mass is 292 g/mol. The van der Waals surface area contributed by atoms with Crippen LogP contribution in [0.5, 0.6) is 0 Å². The summed E-state index contributed by atoms with van der Waals surface area (Å²) in [6, 6.07) is 7.82. The van der Waals surface area contributed by atoms with Crippen LogP contribution >= 0.6 is 0 Å². The van der Waals surface area contributed by atoms with Crippen LogP contribution < -0.4 is 4.90 Å². The van der Waals surface area contributed by atoms with Gasteiger partial charge >= 0.3 is 5.97 Å². The molecule has 2 rings (SSSR count). The first-order valence-electron chi connectivity index (χ1n) is 7.38. The molecule has 116 valence electrons. The largest absolute Gasteiger partial charge is 0.481 e. The van der Waals surface area contributed by atoms with Crippen molar-refractivity contribution in [2.75, 3.05) is 38.6 Å². The number of hydrogen-bond donors (Lipinski definition) is 2. The van der Waals surface area contributed by atoms with Gasteiger partial charge in [0.2, 0.25) is 0 Å². The SMILES string of the molecule is CN(C)c1ccc(C(O)CN2CCCC(C(=O)O)C2)cc1. The van der Waals surface area contributed by atoms with Gasteiger partial charge in [0.1, 0.15) is 0 Å². The molecule has 1 fully saturated rings. The highest BCUT2D eigenvalue weighted by molar-refractivity contribution is 5.70. The summed E-state index contributed by atoms with van der Waals surface area (Å²) in [5, 5.41) is 19.4. The van der Waals surface area contributed by atoms with Gasteiger partial charge in [0.15, 0.2) is 0 Å².